The summed E-state index contributed by atoms with van der Waals surface area (Å²) in [4.78, 5) is 2.52. The van der Waals surface area contributed by atoms with Crippen molar-refractivity contribution in [2.24, 2.45) is 0 Å². The van der Waals surface area contributed by atoms with Crippen LogP contribution in [0.3, 0.4) is 0 Å². The molecule has 2 aliphatic heterocycles. The minimum Gasteiger partial charge on any atom is -0.350 e. The Morgan fingerprint density at radius 3 is 3.00 bits per heavy atom. The Kier molecular flexibility index (Phi) is 1.67. The summed E-state index contributed by atoms with van der Waals surface area (Å²) in [6.07, 6.45) is 12.4. The smallest absolute Gasteiger partial charge is 0.180 e. The molecular weight excluding hydrogens is 198 g/mol. The highest BCUT2D eigenvalue weighted by atomic mass is 15.5. The lowest BCUT2D eigenvalue weighted by Crippen LogP contribution is -2.41. The molecule has 1 unspecified atom stereocenters. The minimum atomic E-state index is 0.316. The van der Waals surface area contributed by atoms with E-state index in [1.165, 1.54) is 55.6 Å². The van der Waals surface area contributed by atoms with E-state index in [0.717, 1.165) is 0 Å². The van der Waals surface area contributed by atoms with Gasteiger partial charge in [0.15, 0.2) is 6.29 Å². The molecule has 16 heavy (non-hydrogen) atoms. The Morgan fingerprint density at radius 1 is 1.06 bits per heavy atom. The van der Waals surface area contributed by atoms with Gasteiger partial charge in [-0.25, -0.2) is 0 Å². The summed E-state index contributed by atoms with van der Waals surface area (Å²) in [5.41, 5.74) is 5.89. The SMILES string of the molecule is C1=CC2=C(CC1)N1C3=C(CCCC3)NC1N2. The van der Waals surface area contributed by atoms with Gasteiger partial charge in [-0.15, -0.1) is 0 Å². The van der Waals surface area contributed by atoms with Gasteiger partial charge in [0.2, 0.25) is 0 Å². The Balaban J connectivity index is 1.75. The maximum absolute atomic E-state index is 3.63. The van der Waals surface area contributed by atoms with Crippen molar-refractivity contribution in [2.75, 3.05) is 0 Å². The van der Waals surface area contributed by atoms with E-state index in [0.29, 0.717) is 6.29 Å². The Labute approximate surface area is 95.9 Å². The molecule has 2 heterocycles. The lowest BCUT2D eigenvalue weighted by Gasteiger charge is -2.25. The molecule has 0 aromatic heterocycles. The van der Waals surface area contributed by atoms with Crippen LogP contribution in [0.25, 0.3) is 0 Å². The molecule has 3 heteroatoms. The number of nitrogens with zero attached hydrogens (tertiary/aromatic N) is 1. The van der Waals surface area contributed by atoms with Crippen molar-refractivity contribution in [1.82, 2.24) is 15.5 Å². The molecular formula is C13H17N3. The van der Waals surface area contributed by atoms with E-state index in [4.69, 9.17) is 0 Å². The number of hydrogen-bond acceptors (Lipinski definition) is 3. The highest BCUT2D eigenvalue weighted by Crippen LogP contribution is 2.40. The van der Waals surface area contributed by atoms with Crippen LogP contribution in [-0.2, 0) is 0 Å². The molecule has 0 fully saturated rings. The van der Waals surface area contributed by atoms with Crippen molar-refractivity contribution in [2.45, 2.75) is 44.8 Å². The average molecular weight is 215 g/mol. The Bertz CT molecular complexity index is 430. The zero-order chi connectivity index (χ0) is 10.5. The summed E-state index contributed by atoms with van der Waals surface area (Å²) in [6, 6.07) is 0. The number of fused-ring (bicyclic) bond motifs is 3. The van der Waals surface area contributed by atoms with Gasteiger partial charge in [-0.2, -0.15) is 0 Å². The Morgan fingerprint density at radius 2 is 2.00 bits per heavy atom. The predicted octanol–water partition coefficient (Wildman–Crippen LogP) is 2.13. The normalized spacial score (nSPS) is 31.0. The highest BCUT2D eigenvalue weighted by Gasteiger charge is 2.39. The fourth-order valence-corrected chi connectivity index (χ4v) is 3.30. The quantitative estimate of drug-likeness (QED) is 0.648. The molecule has 2 aliphatic carbocycles. The van der Waals surface area contributed by atoms with Gasteiger partial charge in [0.25, 0.3) is 0 Å². The van der Waals surface area contributed by atoms with Gasteiger partial charge in [0.1, 0.15) is 0 Å². The van der Waals surface area contributed by atoms with Crippen LogP contribution in [0.4, 0.5) is 0 Å². The van der Waals surface area contributed by atoms with Gasteiger partial charge in [-0.3, -0.25) is 0 Å². The van der Waals surface area contributed by atoms with Crippen LogP contribution in [0.1, 0.15) is 38.5 Å². The maximum atomic E-state index is 3.63. The molecule has 1 atom stereocenters. The van der Waals surface area contributed by atoms with Crippen LogP contribution >= 0.6 is 0 Å². The molecule has 4 rings (SSSR count). The van der Waals surface area contributed by atoms with Crippen molar-refractivity contribution < 1.29 is 0 Å². The molecule has 2 N–H and O–H groups in total. The summed E-state index contributed by atoms with van der Waals surface area (Å²) in [6.45, 7) is 0. The summed E-state index contributed by atoms with van der Waals surface area (Å²) in [5, 5.41) is 7.21. The van der Waals surface area contributed by atoms with Crippen molar-refractivity contribution >= 4 is 0 Å². The fraction of sp³-hybridized carbons (Fsp3) is 0.538. The van der Waals surface area contributed by atoms with Gasteiger partial charge in [0.05, 0.1) is 5.70 Å². The second kappa shape index (κ2) is 3.06. The molecule has 0 saturated heterocycles. The molecule has 84 valence electrons. The van der Waals surface area contributed by atoms with Crippen LogP contribution in [0, 0.1) is 0 Å². The number of hydrogen-bond donors (Lipinski definition) is 2. The summed E-state index contributed by atoms with van der Waals surface area (Å²) < 4.78 is 0. The molecule has 4 aliphatic rings. The largest absolute Gasteiger partial charge is 0.350 e. The molecule has 0 aromatic carbocycles. The first-order valence-electron chi connectivity index (χ1n) is 6.37. The lowest BCUT2D eigenvalue weighted by molar-refractivity contribution is 0.311. The van der Waals surface area contributed by atoms with Gasteiger partial charge >= 0.3 is 0 Å². The third kappa shape index (κ3) is 1.03. The zero-order valence-corrected chi connectivity index (χ0v) is 9.42. The highest BCUT2D eigenvalue weighted by molar-refractivity contribution is 5.39. The van der Waals surface area contributed by atoms with Crippen molar-refractivity contribution in [3.05, 3.63) is 34.9 Å². The molecule has 0 aromatic rings. The van der Waals surface area contributed by atoms with Gasteiger partial charge < -0.3 is 15.5 Å². The fourth-order valence-electron chi connectivity index (χ4n) is 3.30. The van der Waals surface area contributed by atoms with Crippen molar-refractivity contribution in [3.8, 4) is 0 Å². The van der Waals surface area contributed by atoms with E-state index in [1.54, 1.807) is 5.70 Å². The average Bonchev–Trinajstić information content (AvgIpc) is 2.83. The van der Waals surface area contributed by atoms with E-state index >= 15 is 0 Å². The number of rotatable bonds is 0. The molecule has 0 amide bonds. The summed E-state index contributed by atoms with van der Waals surface area (Å²) >= 11 is 0. The molecule has 3 nitrogen and oxygen atoms in total. The van der Waals surface area contributed by atoms with Gasteiger partial charge in [-0.1, -0.05) is 6.08 Å². The van der Waals surface area contributed by atoms with Crippen molar-refractivity contribution in [3.63, 3.8) is 0 Å². The van der Waals surface area contributed by atoms with E-state index in [-0.39, 0.29) is 0 Å². The minimum absolute atomic E-state index is 0.316. The number of nitrogens with one attached hydrogen (secondary N) is 2. The van der Waals surface area contributed by atoms with Crippen molar-refractivity contribution in [1.29, 1.82) is 0 Å². The van der Waals surface area contributed by atoms with Crippen LogP contribution in [0.2, 0.25) is 0 Å². The van der Waals surface area contributed by atoms with Crippen LogP contribution < -0.4 is 10.6 Å². The second-order valence-electron chi connectivity index (χ2n) is 4.99. The van der Waals surface area contributed by atoms with Crippen LogP contribution in [-0.4, -0.2) is 11.2 Å². The zero-order valence-electron chi connectivity index (χ0n) is 9.42. The van der Waals surface area contributed by atoms with E-state index in [1.807, 2.05) is 0 Å². The third-order valence-corrected chi connectivity index (χ3v) is 4.02. The molecule has 0 bridgehead atoms. The predicted molar refractivity (Wildman–Crippen MR) is 62.8 cm³/mol. The van der Waals surface area contributed by atoms with E-state index < -0.39 is 0 Å². The lowest BCUT2D eigenvalue weighted by atomic mass is 10.0. The van der Waals surface area contributed by atoms with E-state index in [2.05, 4.69) is 27.7 Å². The number of allylic oxidation sites excluding steroid dienone is 5. The standard InChI is InChI=1S/C13H17N3/c1-3-7-11-9(5-1)14-13-15-10-6-2-4-8-12(10)16(11)13/h1,5,13-15H,2-4,6-8H2. The topological polar surface area (TPSA) is 27.3 Å². The first-order chi connectivity index (χ1) is 7.93. The molecule has 0 radical (unpaired) electrons. The van der Waals surface area contributed by atoms with Gasteiger partial charge in [-0.05, 0) is 44.6 Å². The first-order valence-corrected chi connectivity index (χ1v) is 6.37. The summed E-state index contributed by atoms with van der Waals surface area (Å²) in [5.74, 6) is 0. The van der Waals surface area contributed by atoms with E-state index in [9.17, 15) is 0 Å². The van der Waals surface area contributed by atoms with Gasteiger partial charge in [0, 0.05) is 17.1 Å². The van der Waals surface area contributed by atoms with Crippen LogP contribution in [0.15, 0.2) is 34.9 Å². The maximum Gasteiger partial charge on any atom is 0.180 e. The Hall–Kier alpha value is -1.38. The summed E-state index contributed by atoms with van der Waals surface area (Å²) in [7, 11) is 0. The third-order valence-electron chi connectivity index (χ3n) is 4.02. The van der Waals surface area contributed by atoms with Crippen LogP contribution in [0.5, 0.6) is 0 Å². The second-order valence-corrected chi connectivity index (χ2v) is 4.99. The molecule has 0 saturated carbocycles. The monoisotopic (exact) mass is 215 g/mol. The molecule has 0 spiro atoms. The first kappa shape index (κ1) is 8.74.